The van der Waals surface area contributed by atoms with Crippen molar-refractivity contribution in [1.82, 2.24) is 19.7 Å². The van der Waals surface area contributed by atoms with Crippen molar-refractivity contribution in [3.8, 4) is 0 Å². The van der Waals surface area contributed by atoms with E-state index >= 15 is 0 Å². The lowest BCUT2D eigenvalue weighted by molar-refractivity contribution is 0.744. The average Bonchev–Trinajstić information content (AvgIpc) is 3.07. The van der Waals surface area contributed by atoms with Gasteiger partial charge in [0.05, 0.1) is 11.4 Å². The smallest absolute Gasteiger partial charge is 0.227 e. The molecule has 0 amide bonds. The summed E-state index contributed by atoms with van der Waals surface area (Å²) in [6, 6.07) is 0. The van der Waals surface area contributed by atoms with Gasteiger partial charge in [-0.3, -0.25) is 4.68 Å². The highest BCUT2D eigenvalue weighted by Crippen LogP contribution is 2.42. The molecule has 0 radical (unpaired) electrons. The third kappa shape index (κ3) is 2.41. The number of nitrogens with zero attached hydrogens (tertiary/aromatic N) is 4. The quantitative estimate of drug-likeness (QED) is 0.872. The molecule has 1 aliphatic rings. The zero-order valence-corrected chi connectivity index (χ0v) is 11.5. The van der Waals surface area contributed by atoms with Crippen LogP contribution in [0.2, 0.25) is 0 Å². The van der Waals surface area contributed by atoms with Crippen molar-refractivity contribution in [2.75, 3.05) is 5.32 Å². The van der Waals surface area contributed by atoms with Gasteiger partial charge in [0.1, 0.15) is 0 Å². The van der Waals surface area contributed by atoms with Crippen LogP contribution in [0.5, 0.6) is 0 Å². The number of anilines is 2. The normalized spacial score (nSPS) is 14.9. The molecule has 1 N–H and O–H groups in total. The molecule has 0 spiro atoms. The van der Waals surface area contributed by atoms with E-state index in [2.05, 4.69) is 43.0 Å². The van der Waals surface area contributed by atoms with E-state index < -0.39 is 0 Å². The van der Waals surface area contributed by atoms with E-state index in [1.165, 1.54) is 12.8 Å². The van der Waals surface area contributed by atoms with Crippen molar-refractivity contribution >= 4 is 34.2 Å². The number of hydrogen-bond donors (Lipinski definition) is 1. The molecule has 0 atom stereocenters. The predicted molar refractivity (Wildman–Crippen MR) is 73.2 cm³/mol. The third-order valence-corrected chi connectivity index (χ3v) is 3.25. The van der Waals surface area contributed by atoms with Gasteiger partial charge in [-0.1, -0.05) is 0 Å². The van der Waals surface area contributed by atoms with E-state index in [1.54, 1.807) is 12.4 Å². The zero-order chi connectivity index (χ0) is 11.8. The Kier molecular flexibility index (Phi) is 2.73. The summed E-state index contributed by atoms with van der Waals surface area (Å²) in [4.78, 5) is 8.47. The van der Waals surface area contributed by atoms with Crippen LogP contribution < -0.4 is 5.32 Å². The molecule has 6 heteroatoms. The highest BCUT2D eigenvalue weighted by molar-refractivity contribution is 14.1. The van der Waals surface area contributed by atoms with Gasteiger partial charge in [-0.25, -0.2) is 9.97 Å². The molecule has 0 aliphatic heterocycles. The van der Waals surface area contributed by atoms with Crippen LogP contribution >= 0.6 is 22.6 Å². The van der Waals surface area contributed by atoms with Gasteiger partial charge in [0.25, 0.3) is 0 Å². The molecule has 1 saturated carbocycles. The minimum Gasteiger partial charge on any atom is -0.321 e. The van der Waals surface area contributed by atoms with Crippen LogP contribution in [0.15, 0.2) is 18.6 Å². The van der Waals surface area contributed by atoms with Gasteiger partial charge in [0.15, 0.2) is 0 Å². The van der Waals surface area contributed by atoms with E-state index in [9.17, 15) is 0 Å². The summed E-state index contributed by atoms with van der Waals surface area (Å²) >= 11 is 2.19. The lowest BCUT2D eigenvalue weighted by Gasteiger charge is -2.03. The number of rotatable bonds is 3. The van der Waals surface area contributed by atoms with Gasteiger partial charge in [0.2, 0.25) is 5.95 Å². The molecule has 2 aromatic heterocycles. The van der Waals surface area contributed by atoms with Crippen LogP contribution in [0.3, 0.4) is 0 Å². The number of nitrogens with one attached hydrogen (secondary N) is 1. The second kappa shape index (κ2) is 4.25. The molecule has 88 valence electrons. The maximum Gasteiger partial charge on any atom is 0.227 e. The number of hydrogen-bond acceptors (Lipinski definition) is 4. The van der Waals surface area contributed by atoms with Crippen LogP contribution in [-0.2, 0) is 7.05 Å². The van der Waals surface area contributed by atoms with Crippen molar-refractivity contribution in [1.29, 1.82) is 0 Å². The summed E-state index contributed by atoms with van der Waals surface area (Å²) in [5.74, 6) is 1.24. The zero-order valence-electron chi connectivity index (χ0n) is 9.39. The Labute approximate surface area is 113 Å². The number of halogens is 1. The van der Waals surface area contributed by atoms with Crippen molar-refractivity contribution < 1.29 is 0 Å². The first-order valence-electron chi connectivity index (χ1n) is 5.50. The predicted octanol–water partition coefficient (Wildman–Crippen LogP) is 2.44. The summed E-state index contributed by atoms with van der Waals surface area (Å²) in [6.45, 7) is 0. The second-order valence-corrected chi connectivity index (χ2v) is 5.47. The SMILES string of the molecule is Cn1cc(Nc2ncc(I)cn2)c(C2CC2)n1. The Balaban J connectivity index is 1.86. The van der Waals surface area contributed by atoms with Crippen molar-refractivity contribution in [2.24, 2.45) is 7.05 Å². The van der Waals surface area contributed by atoms with E-state index in [0.717, 1.165) is 15.0 Å². The molecule has 17 heavy (non-hydrogen) atoms. The van der Waals surface area contributed by atoms with Gasteiger partial charge in [-0.15, -0.1) is 0 Å². The molecule has 1 fully saturated rings. The van der Waals surface area contributed by atoms with Crippen LogP contribution in [0, 0.1) is 3.57 Å². The number of aromatic nitrogens is 4. The molecular weight excluding hydrogens is 329 g/mol. The fraction of sp³-hybridized carbons (Fsp3) is 0.364. The molecule has 2 heterocycles. The molecule has 1 aliphatic carbocycles. The van der Waals surface area contributed by atoms with Crippen LogP contribution in [-0.4, -0.2) is 19.7 Å². The summed E-state index contributed by atoms with van der Waals surface area (Å²) < 4.78 is 2.87. The second-order valence-electron chi connectivity index (χ2n) is 4.23. The Morgan fingerprint density at radius 2 is 2.06 bits per heavy atom. The molecular formula is C11H12IN5. The first-order chi connectivity index (χ1) is 8.22. The topological polar surface area (TPSA) is 55.6 Å². The Bertz CT molecular complexity index is 529. The molecule has 0 saturated heterocycles. The van der Waals surface area contributed by atoms with Crippen molar-refractivity contribution in [2.45, 2.75) is 18.8 Å². The summed E-state index contributed by atoms with van der Waals surface area (Å²) in [7, 11) is 1.94. The molecule has 0 unspecified atom stereocenters. The third-order valence-electron chi connectivity index (χ3n) is 2.69. The van der Waals surface area contributed by atoms with Crippen LogP contribution in [0.1, 0.15) is 24.5 Å². The molecule has 2 aromatic rings. The number of aryl methyl sites for hydroxylation is 1. The maximum absolute atomic E-state index is 4.48. The Morgan fingerprint density at radius 1 is 1.35 bits per heavy atom. The van der Waals surface area contributed by atoms with E-state index in [1.807, 2.05) is 17.9 Å². The first-order valence-corrected chi connectivity index (χ1v) is 6.58. The van der Waals surface area contributed by atoms with Crippen LogP contribution in [0.25, 0.3) is 0 Å². The van der Waals surface area contributed by atoms with Gasteiger partial charge in [-0.2, -0.15) is 5.10 Å². The summed E-state index contributed by atoms with van der Waals surface area (Å²) in [5, 5.41) is 7.72. The molecule has 0 aromatic carbocycles. The maximum atomic E-state index is 4.48. The monoisotopic (exact) mass is 341 g/mol. The largest absolute Gasteiger partial charge is 0.321 e. The van der Waals surface area contributed by atoms with Gasteiger partial charge >= 0.3 is 0 Å². The fourth-order valence-corrected chi connectivity index (χ4v) is 2.04. The Hall–Kier alpha value is -1.18. The Morgan fingerprint density at radius 3 is 2.71 bits per heavy atom. The van der Waals surface area contributed by atoms with E-state index in [0.29, 0.717) is 11.9 Å². The highest BCUT2D eigenvalue weighted by Gasteiger charge is 2.29. The summed E-state index contributed by atoms with van der Waals surface area (Å²) in [5.41, 5.74) is 2.16. The van der Waals surface area contributed by atoms with Gasteiger partial charge in [0, 0.05) is 35.1 Å². The lowest BCUT2D eigenvalue weighted by Crippen LogP contribution is -1.98. The van der Waals surface area contributed by atoms with Gasteiger partial charge in [-0.05, 0) is 35.4 Å². The van der Waals surface area contributed by atoms with E-state index in [-0.39, 0.29) is 0 Å². The van der Waals surface area contributed by atoms with E-state index in [4.69, 9.17) is 0 Å². The lowest BCUT2D eigenvalue weighted by atomic mass is 10.2. The molecule has 3 rings (SSSR count). The summed E-state index contributed by atoms with van der Waals surface area (Å²) in [6.07, 6.45) is 8.04. The van der Waals surface area contributed by atoms with Crippen LogP contribution in [0.4, 0.5) is 11.6 Å². The van der Waals surface area contributed by atoms with Crippen molar-refractivity contribution in [3.63, 3.8) is 0 Å². The minimum atomic E-state index is 0.613. The molecule has 5 nitrogen and oxygen atoms in total. The highest BCUT2D eigenvalue weighted by atomic mass is 127. The van der Waals surface area contributed by atoms with Crippen molar-refractivity contribution in [3.05, 3.63) is 27.9 Å². The first kappa shape index (κ1) is 10.9. The minimum absolute atomic E-state index is 0.613. The fourth-order valence-electron chi connectivity index (χ4n) is 1.76. The standard InChI is InChI=1S/C11H12IN5/c1-17-6-9(10(16-17)7-2-3-7)15-11-13-4-8(12)5-14-11/h4-7H,2-3H2,1H3,(H,13,14,15). The van der Waals surface area contributed by atoms with Gasteiger partial charge < -0.3 is 5.32 Å². The average molecular weight is 341 g/mol. The molecule has 0 bridgehead atoms.